The van der Waals surface area contributed by atoms with E-state index in [1.54, 1.807) is 32.2 Å². The lowest BCUT2D eigenvalue weighted by Crippen LogP contribution is -2.52. The van der Waals surface area contributed by atoms with Gasteiger partial charge in [0, 0.05) is 43.6 Å². The predicted molar refractivity (Wildman–Crippen MR) is 168 cm³/mol. The zero-order valence-electron chi connectivity index (χ0n) is 25.4. The maximum atomic E-state index is 12.8. The van der Waals surface area contributed by atoms with E-state index in [4.69, 9.17) is 41.8 Å². The number of aliphatic hydroxyl groups is 1. The fourth-order valence-corrected chi connectivity index (χ4v) is 5.73. The zero-order chi connectivity index (χ0) is 30.8. The number of nitrogens with two attached hydrogens (primary N) is 1. The third-order valence-corrected chi connectivity index (χ3v) is 8.24. The van der Waals surface area contributed by atoms with Crippen molar-refractivity contribution in [2.45, 2.75) is 65.8 Å². The molecule has 10 nitrogen and oxygen atoms in total. The van der Waals surface area contributed by atoms with E-state index in [2.05, 4.69) is 21.9 Å². The number of ether oxygens (including phenoxy) is 2. The summed E-state index contributed by atoms with van der Waals surface area (Å²) in [5.41, 5.74) is 10.8. The van der Waals surface area contributed by atoms with Gasteiger partial charge in [0.05, 0.1) is 40.7 Å². The van der Waals surface area contributed by atoms with Crippen molar-refractivity contribution in [3.05, 3.63) is 63.6 Å². The van der Waals surface area contributed by atoms with Gasteiger partial charge in [0.25, 0.3) is 0 Å². The summed E-state index contributed by atoms with van der Waals surface area (Å²) in [6.45, 7) is 10.1. The van der Waals surface area contributed by atoms with Gasteiger partial charge in [-0.25, -0.2) is 15.0 Å². The van der Waals surface area contributed by atoms with Crippen molar-refractivity contribution in [2.75, 3.05) is 36.6 Å². The van der Waals surface area contributed by atoms with Crippen molar-refractivity contribution in [3.63, 3.8) is 0 Å². The lowest BCUT2D eigenvalue weighted by atomic mass is 10.0. The second kappa shape index (κ2) is 12.9. The molecular weight excluding hydrogens is 568 g/mol. The van der Waals surface area contributed by atoms with Crippen LogP contribution in [0.25, 0.3) is 17.0 Å². The summed E-state index contributed by atoms with van der Waals surface area (Å²) in [6, 6.07) is 9.40. The number of pyridine rings is 1. The molecule has 43 heavy (non-hydrogen) atoms. The molecule has 1 saturated heterocycles. The number of ketones is 1. The molecule has 0 unspecified atom stereocenters. The lowest BCUT2D eigenvalue weighted by molar-refractivity contribution is -0.111. The Balaban J connectivity index is 1.53. The largest absolute Gasteiger partial charge is 0.491 e. The second-order valence-corrected chi connectivity index (χ2v) is 11.7. The molecule has 1 aromatic carbocycles. The van der Waals surface area contributed by atoms with E-state index >= 15 is 0 Å². The number of nitrogens with zero attached hydrogens (tertiary/aromatic N) is 5. The van der Waals surface area contributed by atoms with Gasteiger partial charge in [0.2, 0.25) is 0 Å². The number of hydrogen-bond acceptors (Lipinski definition) is 10. The predicted octanol–water partition coefficient (Wildman–Crippen LogP) is 4.67. The minimum absolute atomic E-state index is 0.161. The first-order chi connectivity index (χ1) is 20.6. The molecule has 0 saturated carbocycles. The number of rotatable bonds is 11. The standard InChI is InChI=1S/C32H39ClN6O4/c1-6-7-22(41)17-43-23-9-10-26(33)25(12-23)31-36-30(29(19(3)34)20(4)40)18(2)32(37-31)39-13-21-8-11-28(35-27(21)16-39)38-14-24(15-38)42-5/h8-12,22,24,41H,6-7,13-17,34H2,1-5H3/t22-/m1/s1. The van der Waals surface area contributed by atoms with Gasteiger partial charge in [0.1, 0.15) is 24.0 Å². The number of carbonyl (C=O) groups is 1. The maximum Gasteiger partial charge on any atom is 0.163 e. The Morgan fingerprint density at radius 1 is 1.14 bits per heavy atom. The molecule has 2 aromatic heterocycles. The van der Waals surface area contributed by atoms with Crippen LogP contribution in [0, 0.1) is 6.92 Å². The topological polar surface area (TPSA) is 127 Å². The Kier molecular flexibility index (Phi) is 9.19. The zero-order valence-corrected chi connectivity index (χ0v) is 26.1. The summed E-state index contributed by atoms with van der Waals surface area (Å²) in [5.74, 6) is 2.29. The molecule has 1 atom stereocenters. The monoisotopic (exact) mass is 606 g/mol. The molecular formula is C32H39ClN6O4. The van der Waals surface area contributed by atoms with Gasteiger partial charge in [-0.1, -0.05) is 31.0 Å². The number of aliphatic hydroxyl groups excluding tert-OH is 1. The molecule has 11 heteroatoms. The summed E-state index contributed by atoms with van der Waals surface area (Å²) in [4.78, 5) is 31.9. The van der Waals surface area contributed by atoms with E-state index in [9.17, 15) is 9.90 Å². The quantitative estimate of drug-likeness (QED) is 0.297. The molecule has 3 N–H and O–H groups in total. The number of carbonyl (C=O) groups excluding carboxylic acids is 1. The minimum Gasteiger partial charge on any atom is -0.491 e. The first-order valence-electron chi connectivity index (χ1n) is 14.6. The minimum atomic E-state index is -0.567. The first kappa shape index (κ1) is 30.7. The van der Waals surface area contributed by atoms with Gasteiger partial charge in [-0.15, -0.1) is 0 Å². The highest BCUT2D eigenvalue weighted by atomic mass is 35.5. The van der Waals surface area contributed by atoms with E-state index in [0.717, 1.165) is 42.1 Å². The van der Waals surface area contributed by atoms with Crippen LogP contribution in [0.5, 0.6) is 5.75 Å². The van der Waals surface area contributed by atoms with Crippen LogP contribution < -0.4 is 20.3 Å². The number of allylic oxidation sites excluding steroid dienone is 2. The number of methoxy groups -OCH3 is 1. The van der Waals surface area contributed by atoms with Crippen LogP contribution >= 0.6 is 11.6 Å². The van der Waals surface area contributed by atoms with Crippen LogP contribution in [0.15, 0.2) is 36.0 Å². The SMILES string of the molecule is CCC[C@@H](O)COc1ccc(Cl)c(-c2nc(C(C(C)=O)=C(C)N)c(C)c(N3Cc4ccc(N5CC(OC)C5)nc4C3)n2)c1. The summed E-state index contributed by atoms with van der Waals surface area (Å²) in [6.07, 6.45) is 1.17. The molecule has 0 radical (unpaired) electrons. The van der Waals surface area contributed by atoms with Crippen molar-refractivity contribution in [2.24, 2.45) is 5.73 Å². The molecule has 5 rings (SSSR count). The van der Waals surface area contributed by atoms with Crippen LogP contribution in [-0.2, 0) is 22.6 Å². The van der Waals surface area contributed by atoms with Gasteiger partial charge in [-0.2, -0.15) is 0 Å². The first-order valence-corrected chi connectivity index (χ1v) is 15.0. The van der Waals surface area contributed by atoms with Crippen molar-refractivity contribution >= 4 is 34.6 Å². The van der Waals surface area contributed by atoms with Crippen LogP contribution in [0.2, 0.25) is 5.02 Å². The van der Waals surface area contributed by atoms with E-state index in [1.165, 1.54) is 6.92 Å². The normalized spacial score (nSPS) is 16.1. The average molecular weight is 607 g/mol. The molecule has 0 spiro atoms. The fourth-order valence-electron chi connectivity index (χ4n) is 5.52. The molecule has 2 aliphatic rings. The van der Waals surface area contributed by atoms with E-state index in [0.29, 0.717) is 64.5 Å². The third kappa shape index (κ3) is 6.46. The Hall–Kier alpha value is -3.73. The molecule has 228 valence electrons. The van der Waals surface area contributed by atoms with Crippen LogP contribution in [0.1, 0.15) is 56.1 Å². The number of aromatic nitrogens is 3. The van der Waals surface area contributed by atoms with Crippen molar-refractivity contribution in [1.29, 1.82) is 0 Å². The van der Waals surface area contributed by atoms with Crippen molar-refractivity contribution in [3.8, 4) is 17.1 Å². The second-order valence-electron chi connectivity index (χ2n) is 11.2. The Labute approximate surface area is 257 Å². The number of hydrogen-bond donors (Lipinski definition) is 2. The van der Waals surface area contributed by atoms with Crippen molar-refractivity contribution in [1.82, 2.24) is 15.0 Å². The molecule has 0 bridgehead atoms. The van der Waals surface area contributed by atoms with Crippen LogP contribution in [0.3, 0.4) is 0 Å². The summed E-state index contributed by atoms with van der Waals surface area (Å²) in [5, 5.41) is 10.6. The van der Waals surface area contributed by atoms with Gasteiger partial charge < -0.3 is 30.1 Å². The number of Topliss-reactive ketones (excluding diaryl/α,β-unsaturated/α-hetero) is 1. The smallest absolute Gasteiger partial charge is 0.163 e. The molecule has 2 aliphatic heterocycles. The van der Waals surface area contributed by atoms with E-state index in [1.807, 2.05) is 13.8 Å². The summed E-state index contributed by atoms with van der Waals surface area (Å²) < 4.78 is 11.3. The lowest BCUT2D eigenvalue weighted by Gasteiger charge is -2.39. The van der Waals surface area contributed by atoms with Gasteiger partial charge in [-0.3, -0.25) is 4.79 Å². The Morgan fingerprint density at radius 3 is 2.58 bits per heavy atom. The van der Waals surface area contributed by atoms with Gasteiger partial charge >= 0.3 is 0 Å². The molecule has 3 aromatic rings. The van der Waals surface area contributed by atoms with Crippen LogP contribution in [0.4, 0.5) is 11.6 Å². The highest BCUT2D eigenvalue weighted by molar-refractivity contribution is 6.33. The van der Waals surface area contributed by atoms with Crippen LogP contribution in [-0.4, -0.2) is 64.9 Å². The van der Waals surface area contributed by atoms with Crippen molar-refractivity contribution < 1.29 is 19.4 Å². The molecule has 4 heterocycles. The Bertz CT molecular complexity index is 1550. The molecule has 0 amide bonds. The number of halogens is 1. The van der Waals surface area contributed by atoms with Gasteiger partial charge in [0.15, 0.2) is 11.6 Å². The summed E-state index contributed by atoms with van der Waals surface area (Å²) >= 11 is 6.69. The van der Waals surface area contributed by atoms with E-state index in [-0.39, 0.29) is 18.5 Å². The summed E-state index contributed by atoms with van der Waals surface area (Å²) in [7, 11) is 1.73. The van der Waals surface area contributed by atoms with Gasteiger partial charge in [-0.05, 0) is 57.0 Å². The third-order valence-electron chi connectivity index (χ3n) is 7.91. The molecule has 0 aliphatic carbocycles. The average Bonchev–Trinajstić information content (AvgIpc) is 3.36. The Morgan fingerprint density at radius 2 is 1.91 bits per heavy atom. The molecule has 1 fully saturated rings. The maximum absolute atomic E-state index is 12.8. The number of benzene rings is 1. The fraction of sp³-hybridized carbons (Fsp3) is 0.438. The number of anilines is 2. The highest BCUT2D eigenvalue weighted by Gasteiger charge is 2.31. The highest BCUT2D eigenvalue weighted by Crippen LogP contribution is 2.37. The number of fused-ring (bicyclic) bond motifs is 1. The van der Waals surface area contributed by atoms with E-state index < -0.39 is 6.10 Å².